The Labute approximate surface area is 111 Å². The van der Waals surface area contributed by atoms with Gasteiger partial charge in [-0.05, 0) is 6.42 Å². The molecule has 0 radical (unpaired) electrons. The van der Waals surface area contributed by atoms with Crippen molar-refractivity contribution in [1.82, 2.24) is 0 Å². The van der Waals surface area contributed by atoms with Crippen LogP contribution < -0.4 is 0 Å². The van der Waals surface area contributed by atoms with Crippen LogP contribution in [0.25, 0.3) is 0 Å². The van der Waals surface area contributed by atoms with Crippen molar-refractivity contribution in [2.45, 2.75) is 12.8 Å². The molecule has 0 amide bonds. The normalized spacial score (nSPS) is 18.6. The molecule has 0 bridgehead atoms. The van der Waals surface area contributed by atoms with Gasteiger partial charge in [-0.3, -0.25) is 9.79 Å². The second-order valence-corrected chi connectivity index (χ2v) is 4.43. The number of carbonyl (C=O) groups excluding carboxylic acids is 1. The zero-order valence-corrected chi connectivity index (χ0v) is 10.2. The van der Waals surface area contributed by atoms with Crippen LogP contribution >= 0.6 is 0 Å². The Kier molecular flexibility index (Phi) is 3.87. The van der Waals surface area contributed by atoms with Crippen LogP contribution in [0.3, 0.4) is 0 Å². The zero-order valence-electron chi connectivity index (χ0n) is 10.2. The average molecular weight is 285 g/mol. The van der Waals surface area contributed by atoms with Gasteiger partial charge in [0.2, 0.25) is 0 Å². The summed E-state index contributed by atoms with van der Waals surface area (Å²) >= 11 is 0. The maximum atomic E-state index is 13.5. The van der Waals surface area contributed by atoms with E-state index in [1.165, 1.54) is 0 Å². The number of benzene rings is 1. The van der Waals surface area contributed by atoms with Crippen molar-refractivity contribution >= 4 is 17.5 Å². The lowest BCUT2D eigenvalue weighted by atomic mass is 9.87. The van der Waals surface area contributed by atoms with E-state index in [0.29, 0.717) is 12.1 Å². The number of aliphatic imine (C=N–C) groups is 1. The van der Waals surface area contributed by atoms with Crippen molar-refractivity contribution in [2.24, 2.45) is 10.9 Å². The number of Topliss-reactive ketones (excluding diaryl/α,β-unsaturated/α-hetero) is 1. The summed E-state index contributed by atoms with van der Waals surface area (Å²) in [5.41, 5.74) is -1.03. The van der Waals surface area contributed by atoms with Crippen LogP contribution in [-0.2, 0) is 4.79 Å². The van der Waals surface area contributed by atoms with E-state index in [-0.39, 0.29) is 25.1 Å². The quantitative estimate of drug-likeness (QED) is 0.866. The second-order valence-electron chi connectivity index (χ2n) is 4.43. The number of hydrogen-bond acceptors (Lipinski definition) is 3. The highest BCUT2D eigenvalue weighted by atomic mass is 19.1. The topological polar surface area (TPSA) is 66.7 Å². The molecule has 7 heteroatoms. The van der Waals surface area contributed by atoms with Crippen LogP contribution in [-0.4, -0.2) is 29.1 Å². The molecule has 0 aromatic heterocycles. The third-order valence-corrected chi connectivity index (χ3v) is 3.09. The highest BCUT2D eigenvalue weighted by molar-refractivity contribution is 6.36. The summed E-state index contributed by atoms with van der Waals surface area (Å²) in [5, 5.41) is 8.81. The molecule has 1 aromatic rings. The van der Waals surface area contributed by atoms with Gasteiger partial charge in [0.15, 0.2) is 5.78 Å². The predicted molar refractivity (Wildman–Crippen MR) is 63.3 cm³/mol. The molecule has 20 heavy (non-hydrogen) atoms. The molecule has 0 spiro atoms. The van der Waals surface area contributed by atoms with Crippen molar-refractivity contribution in [2.75, 3.05) is 6.54 Å². The number of carboxylic acid groups (broad SMARTS) is 1. The van der Waals surface area contributed by atoms with Gasteiger partial charge in [-0.1, -0.05) is 0 Å². The number of ketones is 1. The third-order valence-electron chi connectivity index (χ3n) is 3.09. The summed E-state index contributed by atoms with van der Waals surface area (Å²) in [6, 6.07) is 0.844. The van der Waals surface area contributed by atoms with Crippen LogP contribution in [0, 0.1) is 23.4 Å². The maximum absolute atomic E-state index is 13.5. The average Bonchev–Trinajstić information content (AvgIpc) is 2.37. The summed E-state index contributed by atoms with van der Waals surface area (Å²) in [7, 11) is 0. The van der Waals surface area contributed by atoms with Crippen LogP contribution in [0.4, 0.5) is 13.2 Å². The van der Waals surface area contributed by atoms with E-state index >= 15 is 0 Å². The van der Waals surface area contributed by atoms with Gasteiger partial charge in [0.05, 0.1) is 5.56 Å². The first kappa shape index (κ1) is 14.2. The number of halogens is 3. The lowest BCUT2D eigenvalue weighted by Gasteiger charge is -2.19. The van der Waals surface area contributed by atoms with Crippen molar-refractivity contribution in [1.29, 1.82) is 0 Å². The molecule has 0 aliphatic carbocycles. The first-order valence-corrected chi connectivity index (χ1v) is 5.85. The van der Waals surface area contributed by atoms with Gasteiger partial charge in [0.25, 0.3) is 0 Å². The number of carboxylic acids is 1. The second kappa shape index (κ2) is 5.44. The van der Waals surface area contributed by atoms with Gasteiger partial charge in [0.1, 0.15) is 23.2 Å². The molecule has 1 unspecified atom stereocenters. The van der Waals surface area contributed by atoms with E-state index in [4.69, 9.17) is 5.11 Å². The highest BCUT2D eigenvalue weighted by Gasteiger charge is 2.31. The largest absolute Gasteiger partial charge is 0.477 e. The molecular formula is C13H10F3NO3. The first-order chi connectivity index (χ1) is 9.40. The van der Waals surface area contributed by atoms with Crippen LogP contribution in [0.2, 0.25) is 0 Å². The molecule has 0 saturated heterocycles. The van der Waals surface area contributed by atoms with Gasteiger partial charge < -0.3 is 5.11 Å². The van der Waals surface area contributed by atoms with Crippen LogP contribution in [0.1, 0.15) is 23.2 Å². The van der Waals surface area contributed by atoms with Crippen LogP contribution in [0.15, 0.2) is 17.1 Å². The first-order valence-electron chi connectivity index (χ1n) is 5.85. The Morgan fingerprint density at radius 3 is 2.35 bits per heavy atom. The minimum Gasteiger partial charge on any atom is -0.477 e. The molecule has 2 rings (SSSR count). The molecule has 1 aliphatic rings. The third kappa shape index (κ3) is 2.71. The van der Waals surface area contributed by atoms with E-state index < -0.39 is 40.7 Å². The lowest BCUT2D eigenvalue weighted by molar-refractivity contribution is -0.129. The SMILES string of the molecule is O=C(O)C1=NCCC(C(=O)c2c(F)cc(F)cc2F)C1. The molecule has 1 N–H and O–H groups in total. The Bertz CT molecular complexity index is 590. The van der Waals surface area contributed by atoms with E-state index in [2.05, 4.69) is 4.99 Å². The van der Waals surface area contributed by atoms with Gasteiger partial charge >= 0.3 is 5.97 Å². The van der Waals surface area contributed by atoms with Crippen molar-refractivity contribution in [3.63, 3.8) is 0 Å². The molecule has 4 nitrogen and oxygen atoms in total. The Hall–Kier alpha value is -2.18. The fourth-order valence-corrected chi connectivity index (χ4v) is 2.12. The number of carbonyl (C=O) groups is 2. The van der Waals surface area contributed by atoms with Crippen molar-refractivity contribution in [3.8, 4) is 0 Å². The fraction of sp³-hybridized carbons (Fsp3) is 0.308. The molecule has 0 fully saturated rings. The molecule has 1 heterocycles. The number of hydrogen-bond donors (Lipinski definition) is 1. The van der Waals surface area contributed by atoms with E-state index in [9.17, 15) is 22.8 Å². The molecule has 106 valence electrons. The van der Waals surface area contributed by atoms with E-state index in [1.54, 1.807) is 0 Å². The Balaban J connectivity index is 2.29. The monoisotopic (exact) mass is 285 g/mol. The maximum Gasteiger partial charge on any atom is 0.349 e. The fourth-order valence-electron chi connectivity index (χ4n) is 2.12. The van der Waals surface area contributed by atoms with Crippen molar-refractivity contribution < 1.29 is 27.9 Å². The van der Waals surface area contributed by atoms with E-state index in [1.807, 2.05) is 0 Å². The standard InChI is InChI=1S/C13H10F3NO3/c14-7-4-8(15)11(9(16)5-7)12(18)6-1-2-17-10(3-6)13(19)20/h4-6H,1-3H2,(H,19,20). The summed E-state index contributed by atoms with van der Waals surface area (Å²) in [4.78, 5) is 26.6. The summed E-state index contributed by atoms with van der Waals surface area (Å²) < 4.78 is 39.8. The highest BCUT2D eigenvalue weighted by Crippen LogP contribution is 2.24. The van der Waals surface area contributed by atoms with E-state index in [0.717, 1.165) is 0 Å². The summed E-state index contributed by atoms with van der Waals surface area (Å²) in [5.74, 6) is -6.68. The lowest BCUT2D eigenvalue weighted by Crippen LogP contribution is -2.29. The number of aliphatic carboxylic acids is 1. The number of nitrogens with zero attached hydrogens (tertiary/aromatic N) is 1. The Morgan fingerprint density at radius 2 is 1.80 bits per heavy atom. The van der Waals surface area contributed by atoms with Crippen LogP contribution in [0.5, 0.6) is 0 Å². The zero-order chi connectivity index (χ0) is 14.9. The van der Waals surface area contributed by atoms with Gasteiger partial charge in [-0.25, -0.2) is 18.0 Å². The van der Waals surface area contributed by atoms with Crippen molar-refractivity contribution in [3.05, 3.63) is 35.1 Å². The van der Waals surface area contributed by atoms with Gasteiger partial charge in [-0.15, -0.1) is 0 Å². The molecular weight excluding hydrogens is 275 g/mol. The number of rotatable bonds is 3. The predicted octanol–water partition coefficient (Wildman–Crippen LogP) is 2.22. The summed E-state index contributed by atoms with van der Waals surface area (Å²) in [6.07, 6.45) is 0.0102. The Morgan fingerprint density at radius 1 is 1.20 bits per heavy atom. The molecule has 0 saturated carbocycles. The molecule has 1 atom stereocenters. The molecule has 1 aromatic carbocycles. The minimum atomic E-state index is -1.29. The molecule has 1 aliphatic heterocycles. The minimum absolute atomic E-state index is 0.0997. The van der Waals surface area contributed by atoms with Gasteiger partial charge in [0, 0.05) is 31.0 Å². The smallest absolute Gasteiger partial charge is 0.349 e. The summed E-state index contributed by atoms with van der Waals surface area (Å²) in [6.45, 7) is 0.0997. The van der Waals surface area contributed by atoms with Gasteiger partial charge in [-0.2, -0.15) is 0 Å².